The van der Waals surface area contributed by atoms with E-state index in [-0.39, 0.29) is 28.1 Å². The molecule has 1 saturated heterocycles. The monoisotopic (exact) mass is 432 g/mol. The van der Waals surface area contributed by atoms with Crippen LogP contribution in [0.3, 0.4) is 0 Å². The molecule has 0 bridgehead atoms. The van der Waals surface area contributed by atoms with Crippen LogP contribution in [0, 0.1) is 0 Å². The van der Waals surface area contributed by atoms with Crippen molar-refractivity contribution in [2.75, 3.05) is 24.3 Å². The second-order valence-electron chi connectivity index (χ2n) is 6.01. The van der Waals surface area contributed by atoms with Crippen LogP contribution in [0.4, 0.5) is 5.82 Å². The van der Waals surface area contributed by atoms with Gasteiger partial charge in [0, 0.05) is 18.0 Å². The number of carboxylic acid groups (broad SMARTS) is 1. The Morgan fingerprint density at radius 3 is 2.88 bits per heavy atom. The number of hydrogen-bond acceptors (Lipinski definition) is 7. The number of anilines is 1. The van der Waals surface area contributed by atoms with Crippen LogP contribution in [-0.4, -0.2) is 64.3 Å². The van der Waals surface area contributed by atoms with E-state index in [4.69, 9.17) is 4.74 Å². The third kappa shape index (κ3) is 3.77. The third-order valence-electron chi connectivity index (χ3n) is 3.87. The van der Waals surface area contributed by atoms with Crippen LogP contribution in [0.5, 0.6) is 0 Å². The Morgan fingerprint density at radius 1 is 1.52 bits per heavy atom. The number of alkyl halides is 1. The van der Waals surface area contributed by atoms with E-state index in [9.17, 15) is 18.3 Å². The van der Waals surface area contributed by atoms with Crippen molar-refractivity contribution in [2.24, 2.45) is 0 Å². The van der Waals surface area contributed by atoms with E-state index < -0.39 is 15.8 Å². The van der Waals surface area contributed by atoms with Crippen molar-refractivity contribution in [3.05, 3.63) is 23.8 Å². The topological polar surface area (TPSA) is 114 Å². The van der Waals surface area contributed by atoms with Gasteiger partial charge < -0.3 is 14.7 Å². The summed E-state index contributed by atoms with van der Waals surface area (Å²) in [5.74, 6) is -0.967. The average Bonchev–Trinajstić information content (AvgIpc) is 2.92. The zero-order valence-electron chi connectivity index (χ0n) is 13.6. The zero-order valence-corrected chi connectivity index (χ0v) is 16.0. The second kappa shape index (κ2) is 6.54. The molecule has 0 spiro atoms. The van der Waals surface area contributed by atoms with E-state index >= 15 is 0 Å². The molecule has 0 radical (unpaired) electrons. The van der Waals surface area contributed by atoms with E-state index in [1.165, 1.54) is 10.7 Å². The molecule has 2 aromatic heterocycles. The van der Waals surface area contributed by atoms with E-state index in [1.807, 2.05) is 11.8 Å². The summed E-state index contributed by atoms with van der Waals surface area (Å²) >= 11 is 3.40. The minimum atomic E-state index is -3.33. The highest BCUT2D eigenvalue weighted by Gasteiger charge is 2.27. The first kappa shape index (κ1) is 18.1. The van der Waals surface area contributed by atoms with Crippen LogP contribution in [0.25, 0.3) is 5.65 Å². The molecule has 1 aliphatic rings. The lowest BCUT2D eigenvalue weighted by atomic mass is 10.2. The number of hydrogen-bond donors (Lipinski definition) is 1. The number of carbonyl (C=O) groups is 1. The summed E-state index contributed by atoms with van der Waals surface area (Å²) in [5.41, 5.74) is 0.314. The molecule has 2 unspecified atom stereocenters. The Bertz CT molecular complexity index is 929. The van der Waals surface area contributed by atoms with Crippen molar-refractivity contribution >= 4 is 43.2 Å². The number of halogens is 1. The average molecular weight is 433 g/mol. The fourth-order valence-electron chi connectivity index (χ4n) is 2.74. The van der Waals surface area contributed by atoms with Crippen LogP contribution in [0.1, 0.15) is 23.1 Å². The van der Waals surface area contributed by atoms with Gasteiger partial charge >= 0.3 is 5.97 Å². The van der Waals surface area contributed by atoms with Crippen molar-refractivity contribution in [3.8, 4) is 0 Å². The molecular weight excluding hydrogens is 416 g/mol. The van der Waals surface area contributed by atoms with Gasteiger partial charge in [-0.3, -0.25) is 4.40 Å². The fraction of sp³-hybridized carbons (Fsp3) is 0.500. The van der Waals surface area contributed by atoms with Crippen molar-refractivity contribution in [1.29, 1.82) is 0 Å². The lowest BCUT2D eigenvalue weighted by Gasteiger charge is -2.37. The number of morpholine rings is 1. The number of sulfone groups is 1. The van der Waals surface area contributed by atoms with E-state index in [2.05, 4.69) is 25.9 Å². The highest BCUT2D eigenvalue weighted by Crippen LogP contribution is 2.25. The van der Waals surface area contributed by atoms with Crippen molar-refractivity contribution in [2.45, 2.75) is 23.7 Å². The van der Waals surface area contributed by atoms with E-state index in [0.29, 0.717) is 24.7 Å². The summed E-state index contributed by atoms with van der Waals surface area (Å²) in [5, 5.41) is 9.12. The van der Waals surface area contributed by atoms with Crippen molar-refractivity contribution in [3.63, 3.8) is 0 Å². The molecule has 1 aliphatic heterocycles. The highest BCUT2D eigenvalue weighted by molar-refractivity contribution is 9.09. The predicted octanol–water partition coefficient (Wildman–Crippen LogP) is 0.918. The normalized spacial score (nSPS) is 21.6. The van der Waals surface area contributed by atoms with Crippen LogP contribution in [0.2, 0.25) is 0 Å². The molecule has 25 heavy (non-hydrogen) atoms. The maximum absolute atomic E-state index is 11.8. The standard InChI is InChI=1S/C14H17BrN4O5S/c1-8-5-24-10(15)4-18(8)11-3-9(6-25(2,22)23)19-7-16-12(14(20)21)13(19)17-11/h3,7-8,10H,4-6H2,1-2H3,(H,20,21). The van der Waals surface area contributed by atoms with Gasteiger partial charge in [-0.25, -0.2) is 23.2 Å². The number of nitrogens with zero attached hydrogens (tertiary/aromatic N) is 4. The maximum Gasteiger partial charge on any atom is 0.358 e. The SMILES string of the molecule is CC1COC(Br)CN1c1cc(CS(C)(=O)=O)n2cnc(C(=O)O)c2n1. The Balaban J connectivity index is 2.18. The Morgan fingerprint density at radius 2 is 2.24 bits per heavy atom. The summed E-state index contributed by atoms with van der Waals surface area (Å²) in [6.07, 6.45) is 2.41. The van der Waals surface area contributed by atoms with Crippen molar-refractivity contribution < 1.29 is 23.1 Å². The molecule has 136 valence electrons. The molecule has 1 fully saturated rings. The summed E-state index contributed by atoms with van der Waals surface area (Å²) < 4.78 is 30.5. The molecule has 2 aromatic rings. The Kier molecular flexibility index (Phi) is 4.73. The van der Waals surface area contributed by atoms with Gasteiger partial charge in [-0.2, -0.15) is 0 Å². The Hall–Kier alpha value is -1.72. The lowest BCUT2D eigenvalue weighted by Crippen LogP contribution is -2.47. The third-order valence-corrected chi connectivity index (χ3v) is 5.24. The van der Waals surface area contributed by atoms with E-state index in [1.54, 1.807) is 6.07 Å². The quantitative estimate of drug-likeness (QED) is 0.709. The number of aromatic nitrogens is 3. The molecule has 3 rings (SSSR count). The highest BCUT2D eigenvalue weighted by atomic mass is 79.9. The number of rotatable bonds is 4. The van der Waals surface area contributed by atoms with Crippen LogP contribution < -0.4 is 4.90 Å². The first-order chi connectivity index (χ1) is 11.7. The first-order valence-electron chi connectivity index (χ1n) is 7.46. The van der Waals surface area contributed by atoms with Crippen LogP contribution >= 0.6 is 15.9 Å². The summed E-state index contributed by atoms with van der Waals surface area (Å²) in [7, 11) is -3.33. The van der Waals surface area contributed by atoms with Gasteiger partial charge in [0.1, 0.15) is 17.2 Å². The minimum absolute atomic E-state index is 0.00559. The molecular formula is C14H17BrN4O5S. The summed E-state index contributed by atoms with van der Waals surface area (Å²) in [6, 6.07) is 1.66. The van der Waals surface area contributed by atoms with Crippen molar-refractivity contribution in [1.82, 2.24) is 14.4 Å². The van der Waals surface area contributed by atoms with Crippen LogP contribution in [-0.2, 0) is 20.3 Å². The van der Waals surface area contributed by atoms with Gasteiger partial charge in [-0.15, -0.1) is 0 Å². The largest absolute Gasteiger partial charge is 0.476 e. The number of imidazole rings is 1. The number of aromatic carboxylic acids is 1. The molecule has 0 aliphatic carbocycles. The zero-order chi connectivity index (χ0) is 18.4. The molecule has 11 heteroatoms. The summed E-state index contributed by atoms with van der Waals surface area (Å²) in [6.45, 7) is 2.92. The predicted molar refractivity (Wildman–Crippen MR) is 94.0 cm³/mol. The molecule has 1 N–H and O–H groups in total. The van der Waals surface area contributed by atoms with Gasteiger partial charge in [0.05, 0.1) is 24.9 Å². The molecule has 2 atom stereocenters. The molecule has 9 nitrogen and oxygen atoms in total. The second-order valence-corrected chi connectivity index (χ2v) is 9.17. The first-order valence-corrected chi connectivity index (χ1v) is 10.4. The molecule has 3 heterocycles. The Labute approximate surface area is 152 Å². The smallest absolute Gasteiger partial charge is 0.358 e. The molecule has 0 amide bonds. The number of carboxylic acids is 1. The lowest BCUT2D eigenvalue weighted by molar-refractivity contribution is 0.0693. The number of ether oxygens (including phenoxy) is 1. The van der Waals surface area contributed by atoms with Gasteiger partial charge in [0.2, 0.25) is 0 Å². The van der Waals surface area contributed by atoms with Gasteiger partial charge in [0.25, 0.3) is 0 Å². The van der Waals surface area contributed by atoms with E-state index in [0.717, 1.165) is 6.26 Å². The molecule has 0 saturated carbocycles. The van der Waals surface area contributed by atoms with Gasteiger partial charge in [-0.05, 0) is 6.92 Å². The maximum atomic E-state index is 11.8. The van der Waals surface area contributed by atoms with Gasteiger partial charge in [0.15, 0.2) is 21.2 Å². The minimum Gasteiger partial charge on any atom is -0.476 e. The number of fused-ring (bicyclic) bond motifs is 1. The summed E-state index contributed by atoms with van der Waals surface area (Å²) in [4.78, 5) is 21.6. The van der Waals surface area contributed by atoms with Crippen LogP contribution in [0.15, 0.2) is 12.4 Å². The molecule has 0 aromatic carbocycles. The fourth-order valence-corrected chi connectivity index (χ4v) is 3.96. The van der Waals surface area contributed by atoms with Gasteiger partial charge in [-0.1, -0.05) is 15.9 Å².